The third-order valence-corrected chi connectivity index (χ3v) is 5.97. The van der Waals surface area contributed by atoms with Gasteiger partial charge in [0.15, 0.2) is 0 Å². The molecule has 31 heavy (non-hydrogen) atoms. The smallest absolute Gasteiger partial charge is 0.319 e. The molecule has 0 spiro atoms. The maximum Gasteiger partial charge on any atom is 0.319 e. The molecule has 2 aromatic carbocycles. The Balaban J connectivity index is 1.51. The van der Waals surface area contributed by atoms with Crippen LogP contribution in [-0.4, -0.2) is 61.0 Å². The molecule has 0 saturated carbocycles. The monoisotopic (exact) mass is 420 g/mol. The summed E-state index contributed by atoms with van der Waals surface area (Å²) in [5.74, 6) is 0.0336. The second-order valence-corrected chi connectivity index (χ2v) is 8.02. The van der Waals surface area contributed by atoms with E-state index in [1.54, 1.807) is 30.3 Å². The van der Waals surface area contributed by atoms with Crippen molar-refractivity contribution < 1.29 is 9.59 Å². The first-order chi connectivity index (χ1) is 15.0. The predicted molar refractivity (Wildman–Crippen MR) is 125 cm³/mol. The molecule has 0 unspecified atom stereocenters. The van der Waals surface area contributed by atoms with Gasteiger partial charge in [-0.15, -0.1) is 6.58 Å². The summed E-state index contributed by atoms with van der Waals surface area (Å²) < 4.78 is 0. The summed E-state index contributed by atoms with van der Waals surface area (Å²) in [5, 5.41) is 0. The zero-order valence-electron chi connectivity index (χ0n) is 18.2. The fourth-order valence-corrected chi connectivity index (χ4v) is 4.06. The van der Waals surface area contributed by atoms with Gasteiger partial charge in [0.2, 0.25) is 0 Å². The number of anilines is 1. The number of hydrogen-bond acceptors (Lipinski definition) is 3. The first kappa shape index (κ1) is 22.6. The van der Waals surface area contributed by atoms with Gasteiger partial charge in [-0.25, -0.2) is 4.79 Å². The van der Waals surface area contributed by atoms with Gasteiger partial charge in [0.05, 0.1) is 0 Å². The molecule has 0 radical (unpaired) electrons. The van der Waals surface area contributed by atoms with Crippen molar-refractivity contribution in [2.24, 2.45) is 5.73 Å². The van der Waals surface area contributed by atoms with E-state index in [1.165, 1.54) is 10.5 Å². The normalized spacial score (nSPS) is 14.5. The Morgan fingerprint density at radius 1 is 1.10 bits per heavy atom. The van der Waals surface area contributed by atoms with E-state index >= 15 is 0 Å². The minimum atomic E-state index is -0.544. The van der Waals surface area contributed by atoms with Gasteiger partial charge in [-0.05, 0) is 56.1 Å². The molecule has 6 nitrogen and oxygen atoms in total. The minimum Gasteiger partial charge on any atom is -0.351 e. The average molecular weight is 421 g/mol. The molecule has 2 N–H and O–H groups in total. The first-order valence-electron chi connectivity index (χ1n) is 10.8. The third-order valence-electron chi connectivity index (χ3n) is 5.97. The van der Waals surface area contributed by atoms with Crippen LogP contribution in [0.3, 0.4) is 0 Å². The van der Waals surface area contributed by atoms with E-state index in [0.717, 1.165) is 38.9 Å². The molecule has 1 aliphatic heterocycles. The van der Waals surface area contributed by atoms with Gasteiger partial charge in [0.25, 0.3) is 5.91 Å². The summed E-state index contributed by atoms with van der Waals surface area (Å²) in [6.07, 6.45) is 4.61. The largest absolute Gasteiger partial charge is 0.351 e. The fraction of sp³-hybridized carbons (Fsp3) is 0.360. The van der Waals surface area contributed by atoms with Crippen LogP contribution in [0.5, 0.6) is 0 Å². The Morgan fingerprint density at radius 3 is 2.32 bits per heavy atom. The second kappa shape index (κ2) is 10.8. The lowest BCUT2D eigenvalue weighted by Gasteiger charge is -2.37. The standard InChI is InChI=1S/C25H32N4O2/c1-3-16-29(25(26)31)23-11-9-21(10-12-23)24(30)28-18-14-22(15-19-28)27(2)17-13-20-7-5-4-6-8-20/h3-12,22H,1,13-19H2,2H3,(H2,26,31). The Bertz CT molecular complexity index is 874. The third kappa shape index (κ3) is 5.95. The molecular weight excluding hydrogens is 388 g/mol. The quantitative estimate of drug-likeness (QED) is 0.664. The molecule has 6 heteroatoms. The van der Waals surface area contributed by atoms with Gasteiger partial charge in [0.1, 0.15) is 0 Å². The van der Waals surface area contributed by atoms with Crippen molar-refractivity contribution in [1.29, 1.82) is 0 Å². The topological polar surface area (TPSA) is 69.9 Å². The number of rotatable bonds is 8. The SMILES string of the molecule is C=CCN(C(N)=O)c1ccc(C(=O)N2CCC(N(C)CCc3ccccc3)CC2)cc1. The van der Waals surface area contributed by atoms with Gasteiger partial charge < -0.3 is 15.5 Å². The molecule has 1 heterocycles. The van der Waals surface area contributed by atoms with Crippen LogP contribution in [0.15, 0.2) is 67.3 Å². The number of benzene rings is 2. The van der Waals surface area contributed by atoms with Gasteiger partial charge in [-0.1, -0.05) is 36.4 Å². The van der Waals surface area contributed by atoms with Crippen molar-refractivity contribution in [1.82, 2.24) is 9.80 Å². The average Bonchev–Trinajstić information content (AvgIpc) is 2.81. The van der Waals surface area contributed by atoms with Crippen molar-refractivity contribution in [2.45, 2.75) is 25.3 Å². The number of likely N-dealkylation sites (N-methyl/N-ethyl adjacent to an activating group) is 1. The highest BCUT2D eigenvalue weighted by atomic mass is 16.2. The number of likely N-dealkylation sites (tertiary alicyclic amines) is 1. The van der Waals surface area contributed by atoms with Crippen LogP contribution >= 0.6 is 0 Å². The van der Waals surface area contributed by atoms with E-state index in [0.29, 0.717) is 23.8 Å². The number of primary amides is 1. The van der Waals surface area contributed by atoms with E-state index in [-0.39, 0.29) is 5.91 Å². The molecule has 164 valence electrons. The lowest BCUT2D eigenvalue weighted by atomic mass is 10.0. The zero-order chi connectivity index (χ0) is 22.2. The zero-order valence-corrected chi connectivity index (χ0v) is 18.2. The Hall–Kier alpha value is -3.12. The van der Waals surface area contributed by atoms with E-state index in [1.807, 2.05) is 11.0 Å². The summed E-state index contributed by atoms with van der Waals surface area (Å²) in [4.78, 5) is 30.3. The van der Waals surface area contributed by atoms with Gasteiger partial charge >= 0.3 is 6.03 Å². The van der Waals surface area contributed by atoms with E-state index in [2.05, 4.69) is 42.8 Å². The van der Waals surface area contributed by atoms with E-state index < -0.39 is 6.03 Å². The van der Waals surface area contributed by atoms with E-state index in [9.17, 15) is 9.59 Å². The molecular formula is C25H32N4O2. The molecule has 1 fully saturated rings. The molecule has 0 aromatic heterocycles. The number of hydrogen-bond donors (Lipinski definition) is 1. The Kier molecular flexibility index (Phi) is 7.84. The van der Waals surface area contributed by atoms with Gasteiger partial charge in [0, 0.05) is 43.5 Å². The van der Waals surface area contributed by atoms with Crippen LogP contribution in [0.1, 0.15) is 28.8 Å². The van der Waals surface area contributed by atoms with Crippen molar-refractivity contribution in [3.05, 3.63) is 78.4 Å². The Morgan fingerprint density at radius 2 is 1.74 bits per heavy atom. The van der Waals surface area contributed by atoms with Crippen molar-refractivity contribution in [3.8, 4) is 0 Å². The summed E-state index contributed by atoms with van der Waals surface area (Å²) in [6, 6.07) is 17.5. The fourth-order valence-electron chi connectivity index (χ4n) is 4.06. The van der Waals surface area contributed by atoms with Crippen LogP contribution in [-0.2, 0) is 6.42 Å². The summed E-state index contributed by atoms with van der Waals surface area (Å²) in [5.41, 5.74) is 8.06. The molecule has 3 rings (SSSR count). The number of nitrogens with zero attached hydrogens (tertiary/aromatic N) is 3. The molecule has 1 saturated heterocycles. The second-order valence-electron chi connectivity index (χ2n) is 8.02. The number of piperidine rings is 1. The lowest BCUT2D eigenvalue weighted by molar-refractivity contribution is 0.0647. The molecule has 0 aliphatic carbocycles. The summed E-state index contributed by atoms with van der Waals surface area (Å²) in [6.45, 7) is 6.50. The van der Waals surface area contributed by atoms with Crippen LogP contribution in [0.25, 0.3) is 0 Å². The van der Waals surface area contributed by atoms with Crippen LogP contribution in [0, 0.1) is 0 Å². The maximum absolute atomic E-state index is 12.9. The van der Waals surface area contributed by atoms with Crippen LogP contribution < -0.4 is 10.6 Å². The summed E-state index contributed by atoms with van der Waals surface area (Å²) in [7, 11) is 2.18. The van der Waals surface area contributed by atoms with Gasteiger partial charge in [-0.3, -0.25) is 9.69 Å². The number of amides is 3. The number of urea groups is 1. The number of carbonyl (C=O) groups is 2. The van der Waals surface area contributed by atoms with Crippen molar-refractivity contribution in [2.75, 3.05) is 38.1 Å². The molecule has 3 amide bonds. The molecule has 0 bridgehead atoms. The molecule has 0 atom stereocenters. The highest BCUT2D eigenvalue weighted by Crippen LogP contribution is 2.20. The van der Waals surface area contributed by atoms with Crippen LogP contribution in [0.2, 0.25) is 0 Å². The van der Waals surface area contributed by atoms with Crippen LogP contribution in [0.4, 0.5) is 10.5 Å². The maximum atomic E-state index is 12.9. The first-order valence-corrected chi connectivity index (χ1v) is 10.8. The van der Waals surface area contributed by atoms with Crippen molar-refractivity contribution in [3.63, 3.8) is 0 Å². The number of carbonyl (C=O) groups excluding carboxylic acids is 2. The minimum absolute atomic E-state index is 0.0336. The lowest BCUT2D eigenvalue weighted by Crippen LogP contribution is -2.46. The Labute approximate surface area is 184 Å². The van der Waals surface area contributed by atoms with Gasteiger partial charge in [-0.2, -0.15) is 0 Å². The van der Waals surface area contributed by atoms with Crippen molar-refractivity contribution >= 4 is 17.6 Å². The van der Waals surface area contributed by atoms with E-state index in [4.69, 9.17) is 5.73 Å². The highest BCUT2D eigenvalue weighted by Gasteiger charge is 2.26. The number of nitrogens with two attached hydrogens (primary N) is 1. The predicted octanol–water partition coefficient (Wildman–Crippen LogP) is 3.54. The summed E-state index contributed by atoms with van der Waals surface area (Å²) >= 11 is 0. The highest BCUT2D eigenvalue weighted by molar-refractivity contribution is 5.96. The molecule has 1 aliphatic rings. The molecule has 2 aromatic rings.